The van der Waals surface area contributed by atoms with Gasteiger partial charge in [-0.2, -0.15) is 18.3 Å². The molecule has 1 unspecified atom stereocenters. The first-order valence-electron chi connectivity index (χ1n) is 9.78. The number of hydrogen-bond acceptors (Lipinski definition) is 3. The van der Waals surface area contributed by atoms with E-state index >= 15 is 0 Å². The summed E-state index contributed by atoms with van der Waals surface area (Å²) >= 11 is 9.29. The van der Waals surface area contributed by atoms with Crippen LogP contribution in [0.15, 0.2) is 64.2 Å². The van der Waals surface area contributed by atoms with Crippen molar-refractivity contribution in [3.63, 3.8) is 0 Å². The maximum absolute atomic E-state index is 13.1. The second kappa shape index (κ2) is 9.27. The predicted octanol–water partition coefficient (Wildman–Crippen LogP) is 6.75. The smallest absolute Gasteiger partial charge is 0.324 e. The van der Waals surface area contributed by atoms with Crippen LogP contribution in [0.2, 0.25) is 5.02 Å². The molecule has 3 rings (SSSR count). The monoisotopic (exact) mass is 527 g/mol. The molecule has 0 saturated carbocycles. The van der Waals surface area contributed by atoms with Gasteiger partial charge in [-0.15, -0.1) is 6.58 Å². The first-order chi connectivity index (χ1) is 14.9. The number of benzene rings is 2. The quantitative estimate of drug-likeness (QED) is 0.422. The maximum Gasteiger partial charge on any atom is 0.417 e. The highest BCUT2D eigenvalue weighted by Crippen LogP contribution is 2.39. The molecular formula is C23H22BrClF3N3O. The topological polar surface area (TPSA) is 44.7 Å². The fourth-order valence-electron chi connectivity index (χ4n) is 3.87. The van der Waals surface area contributed by atoms with E-state index in [9.17, 15) is 18.0 Å². The van der Waals surface area contributed by atoms with Crippen molar-refractivity contribution in [3.05, 3.63) is 75.2 Å². The lowest BCUT2D eigenvalue weighted by Crippen LogP contribution is -2.35. The van der Waals surface area contributed by atoms with Crippen molar-refractivity contribution in [2.45, 2.75) is 26.4 Å². The lowest BCUT2D eigenvalue weighted by atomic mass is 9.77. The van der Waals surface area contributed by atoms with Gasteiger partial charge in [0.15, 0.2) is 0 Å². The van der Waals surface area contributed by atoms with Gasteiger partial charge in [-0.3, -0.25) is 9.80 Å². The minimum absolute atomic E-state index is 0.000286. The van der Waals surface area contributed by atoms with E-state index in [-0.39, 0.29) is 17.5 Å². The van der Waals surface area contributed by atoms with Gasteiger partial charge in [-0.05, 0) is 55.3 Å². The number of hydrazone groups is 1. The Morgan fingerprint density at radius 3 is 2.50 bits per heavy atom. The first kappa shape index (κ1) is 24.3. The van der Waals surface area contributed by atoms with Crippen molar-refractivity contribution in [1.82, 2.24) is 5.01 Å². The molecule has 1 N–H and O–H groups in total. The van der Waals surface area contributed by atoms with Gasteiger partial charge in [0, 0.05) is 22.1 Å². The van der Waals surface area contributed by atoms with Crippen molar-refractivity contribution >= 4 is 44.8 Å². The normalized spacial score (nSPS) is 18.5. The minimum Gasteiger partial charge on any atom is -0.324 e. The fraction of sp³-hybridized carbons (Fsp3) is 0.304. The Bertz CT molecular complexity index is 1070. The van der Waals surface area contributed by atoms with E-state index in [2.05, 4.69) is 32.9 Å². The van der Waals surface area contributed by atoms with Crippen molar-refractivity contribution in [2.24, 2.45) is 10.5 Å². The average molecular weight is 529 g/mol. The van der Waals surface area contributed by atoms with Crippen LogP contribution < -0.4 is 5.32 Å². The molecule has 1 amide bonds. The maximum atomic E-state index is 13.1. The summed E-state index contributed by atoms with van der Waals surface area (Å²) in [5, 5.41) is 8.65. The highest BCUT2D eigenvalue weighted by molar-refractivity contribution is 9.10. The van der Waals surface area contributed by atoms with E-state index in [0.717, 1.165) is 16.1 Å². The molecule has 0 radical (unpaired) electrons. The Morgan fingerprint density at radius 1 is 1.28 bits per heavy atom. The zero-order valence-electron chi connectivity index (χ0n) is 17.6. The number of nitrogens with one attached hydrogen (secondary N) is 1. The standard InChI is InChI=1S/C23H22BrClF3N3O/c1-14(2)11-22(3)13-31(12-20(32)29-17-7-5-16(24)6-8-17)30-21(22)15-4-9-18(19(25)10-15)23(26,27)28/h4-10H,1,11-13H2,2-3H3,(H,29,32). The van der Waals surface area contributed by atoms with Gasteiger partial charge in [0.1, 0.15) is 6.54 Å². The van der Waals surface area contributed by atoms with Crippen LogP contribution in [0.3, 0.4) is 0 Å². The summed E-state index contributed by atoms with van der Waals surface area (Å²) in [5.74, 6) is -0.250. The molecule has 0 fully saturated rings. The van der Waals surface area contributed by atoms with Crippen molar-refractivity contribution in [2.75, 3.05) is 18.4 Å². The van der Waals surface area contributed by atoms with Crippen molar-refractivity contribution in [3.8, 4) is 0 Å². The number of hydrogen-bond donors (Lipinski definition) is 1. The fourth-order valence-corrected chi connectivity index (χ4v) is 4.42. The number of amides is 1. The first-order valence-corrected chi connectivity index (χ1v) is 11.0. The average Bonchev–Trinajstić information content (AvgIpc) is 2.97. The molecule has 0 spiro atoms. The highest BCUT2D eigenvalue weighted by atomic mass is 79.9. The Labute approximate surface area is 198 Å². The van der Waals surface area contributed by atoms with Gasteiger partial charge < -0.3 is 5.32 Å². The number of alkyl halides is 3. The van der Waals surface area contributed by atoms with E-state index in [0.29, 0.717) is 29.9 Å². The minimum atomic E-state index is -4.54. The molecule has 170 valence electrons. The van der Waals surface area contributed by atoms with Crippen LogP contribution >= 0.6 is 27.5 Å². The summed E-state index contributed by atoms with van der Waals surface area (Å²) in [4.78, 5) is 12.5. The lowest BCUT2D eigenvalue weighted by molar-refractivity contribution is -0.137. The van der Waals surface area contributed by atoms with Gasteiger partial charge in [0.25, 0.3) is 0 Å². The molecule has 1 aliphatic rings. The largest absolute Gasteiger partial charge is 0.417 e. The summed E-state index contributed by atoms with van der Waals surface area (Å²) < 4.78 is 40.2. The van der Waals surface area contributed by atoms with Crippen LogP contribution in [0.25, 0.3) is 0 Å². The molecule has 9 heteroatoms. The van der Waals surface area contributed by atoms with E-state index < -0.39 is 17.2 Å². The summed E-state index contributed by atoms with van der Waals surface area (Å²) in [6.45, 7) is 8.23. The van der Waals surface area contributed by atoms with Crippen LogP contribution in [0, 0.1) is 5.41 Å². The molecular weight excluding hydrogens is 507 g/mol. The molecule has 1 aliphatic heterocycles. The zero-order valence-corrected chi connectivity index (χ0v) is 19.9. The summed E-state index contributed by atoms with van der Waals surface area (Å²) in [5.41, 5.74) is 1.19. The van der Waals surface area contributed by atoms with Crippen LogP contribution in [0.1, 0.15) is 31.4 Å². The third kappa shape index (κ3) is 5.72. The molecule has 1 atom stereocenters. The zero-order chi connectivity index (χ0) is 23.7. The van der Waals surface area contributed by atoms with Crippen LogP contribution in [0.5, 0.6) is 0 Å². The molecule has 0 bridgehead atoms. The molecule has 2 aromatic carbocycles. The third-order valence-electron chi connectivity index (χ3n) is 5.04. The second-order valence-corrected chi connectivity index (χ2v) is 9.54. The summed E-state index contributed by atoms with van der Waals surface area (Å²) in [7, 11) is 0. The van der Waals surface area contributed by atoms with E-state index in [1.54, 1.807) is 17.1 Å². The lowest BCUT2D eigenvalue weighted by Gasteiger charge is -2.27. The number of nitrogens with zero attached hydrogens (tertiary/aromatic N) is 2. The summed E-state index contributed by atoms with van der Waals surface area (Å²) in [6, 6.07) is 10.8. The molecule has 1 heterocycles. The van der Waals surface area contributed by atoms with E-state index in [1.807, 2.05) is 26.0 Å². The van der Waals surface area contributed by atoms with E-state index in [4.69, 9.17) is 11.6 Å². The number of carbonyl (C=O) groups is 1. The molecule has 2 aromatic rings. The van der Waals surface area contributed by atoms with Crippen LogP contribution in [-0.4, -0.2) is 29.7 Å². The Hall–Kier alpha value is -2.32. The highest BCUT2D eigenvalue weighted by Gasteiger charge is 2.40. The Kier molecular flexibility index (Phi) is 7.05. The van der Waals surface area contributed by atoms with Crippen molar-refractivity contribution < 1.29 is 18.0 Å². The number of anilines is 1. The van der Waals surface area contributed by atoms with Crippen molar-refractivity contribution in [1.29, 1.82) is 0 Å². The summed E-state index contributed by atoms with van der Waals surface area (Å²) in [6.07, 6.45) is -3.97. The number of carbonyl (C=O) groups excluding carboxylic acids is 1. The SMILES string of the molecule is C=C(C)CC1(C)CN(CC(=O)Nc2ccc(Br)cc2)N=C1c1ccc(C(F)(F)F)c(Cl)c1. The van der Waals surface area contributed by atoms with Crippen LogP contribution in [0.4, 0.5) is 18.9 Å². The number of allylic oxidation sites excluding steroid dienone is 1. The third-order valence-corrected chi connectivity index (χ3v) is 5.88. The van der Waals surface area contributed by atoms with Gasteiger partial charge in [0.2, 0.25) is 5.91 Å². The van der Waals surface area contributed by atoms with Crippen LogP contribution in [-0.2, 0) is 11.0 Å². The van der Waals surface area contributed by atoms with Gasteiger partial charge in [-0.1, -0.05) is 46.1 Å². The molecule has 32 heavy (non-hydrogen) atoms. The molecule has 0 saturated heterocycles. The van der Waals surface area contributed by atoms with Gasteiger partial charge >= 0.3 is 6.18 Å². The number of halogens is 5. The van der Waals surface area contributed by atoms with E-state index in [1.165, 1.54) is 12.1 Å². The molecule has 0 aliphatic carbocycles. The Morgan fingerprint density at radius 2 is 1.94 bits per heavy atom. The number of rotatable bonds is 6. The van der Waals surface area contributed by atoms with Gasteiger partial charge in [0.05, 0.1) is 16.3 Å². The van der Waals surface area contributed by atoms with Gasteiger partial charge in [-0.25, -0.2) is 0 Å². The Balaban J connectivity index is 1.85. The predicted molar refractivity (Wildman–Crippen MR) is 125 cm³/mol. The second-order valence-electron chi connectivity index (χ2n) is 8.21. The molecule has 4 nitrogen and oxygen atoms in total. The molecule has 0 aromatic heterocycles.